The lowest BCUT2D eigenvalue weighted by molar-refractivity contribution is 0.0211. The Hall–Kier alpha value is -0.160. The number of rotatable bonds is 7. The fourth-order valence-corrected chi connectivity index (χ4v) is 5.65. The summed E-state index contributed by atoms with van der Waals surface area (Å²) in [7, 11) is 0. The third-order valence-electron chi connectivity index (χ3n) is 7.97. The van der Waals surface area contributed by atoms with Gasteiger partial charge in [0.1, 0.15) is 0 Å². The molecule has 4 nitrogen and oxygen atoms in total. The quantitative estimate of drug-likeness (QED) is 0.690. The molecule has 0 aromatic carbocycles. The van der Waals surface area contributed by atoms with E-state index in [4.69, 9.17) is 0 Å². The summed E-state index contributed by atoms with van der Waals surface area (Å²) >= 11 is 0. The molecule has 4 heteroatoms. The highest BCUT2D eigenvalue weighted by atomic mass is 15.3. The van der Waals surface area contributed by atoms with Gasteiger partial charge in [0.05, 0.1) is 0 Å². The molecule has 26 heavy (non-hydrogen) atoms. The molecule has 0 spiro atoms. The molecule has 0 N–H and O–H groups in total. The number of nitrogens with zero attached hydrogens (tertiary/aromatic N) is 4. The number of hydrogen-bond donors (Lipinski definition) is 0. The van der Waals surface area contributed by atoms with Gasteiger partial charge in [0.15, 0.2) is 0 Å². The lowest BCUT2D eigenvalue weighted by Gasteiger charge is -2.46. The van der Waals surface area contributed by atoms with Gasteiger partial charge in [-0.25, -0.2) is 0 Å². The number of hydrogen-bond acceptors (Lipinski definition) is 4. The van der Waals surface area contributed by atoms with Crippen LogP contribution in [0.15, 0.2) is 0 Å². The molecular formula is C22H42N4. The lowest BCUT2D eigenvalue weighted by atomic mass is 9.93. The van der Waals surface area contributed by atoms with Crippen LogP contribution in [0.2, 0.25) is 0 Å². The highest BCUT2D eigenvalue weighted by Crippen LogP contribution is 2.49. The normalized spacial score (nSPS) is 30.0. The standard InChI is InChI=1S/C22H42N4/c1-4-22(7-8-22)18-24-16-20(17-24)15-23-9-5-21(6-10-23)26-13-11-25(12-14-26)19(2)3/h19-21H,4-18H2,1-3H3. The van der Waals surface area contributed by atoms with E-state index in [0.29, 0.717) is 6.04 Å². The molecule has 4 aliphatic rings. The van der Waals surface area contributed by atoms with Gasteiger partial charge in [-0.05, 0) is 70.4 Å². The Morgan fingerprint density at radius 3 is 2.08 bits per heavy atom. The first-order valence-corrected chi connectivity index (χ1v) is 11.5. The minimum atomic E-state index is 0.716. The highest BCUT2D eigenvalue weighted by molar-refractivity contribution is 4.97. The van der Waals surface area contributed by atoms with Gasteiger partial charge in [-0.1, -0.05) is 6.92 Å². The fraction of sp³-hybridized carbons (Fsp3) is 1.00. The molecular weight excluding hydrogens is 320 g/mol. The molecule has 0 bridgehead atoms. The SMILES string of the molecule is CCC1(CN2CC(CN3CCC(N4CCN(C(C)C)CC4)CC3)C2)CC1. The maximum atomic E-state index is 2.79. The van der Waals surface area contributed by atoms with Crippen molar-refractivity contribution in [3.05, 3.63) is 0 Å². The monoisotopic (exact) mass is 362 g/mol. The zero-order chi connectivity index (χ0) is 18.1. The number of piperidine rings is 1. The zero-order valence-corrected chi connectivity index (χ0v) is 17.6. The average Bonchev–Trinajstić information content (AvgIpc) is 3.41. The molecule has 3 aliphatic heterocycles. The highest BCUT2D eigenvalue weighted by Gasteiger charge is 2.44. The second kappa shape index (κ2) is 8.06. The second-order valence-electron chi connectivity index (χ2n) is 10.1. The molecule has 0 atom stereocenters. The Labute approximate surface area is 161 Å². The van der Waals surface area contributed by atoms with Crippen LogP contribution in [0, 0.1) is 11.3 Å². The summed E-state index contributed by atoms with van der Waals surface area (Å²) < 4.78 is 0. The van der Waals surface area contributed by atoms with Crippen LogP contribution in [0.1, 0.15) is 52.9 Å². The zero-order valence-electron chi connectivity index (χ0n) is 17.6. The molecule has 3 heterocycles. The second-order valence-corrected chi connectivity index (χ2v) is 10.1. The maximum absolute atomic E-state index is 2.79. The van der Waals surface area contributed by atoms with E-state index in [9.17, 15) is 0 Å². The van der Waals surface area contributed by atoms with Crippen LogP contribution in [0.3, 0.4) is 0 Å². The summed E-state index contributed by atoms with van der Waals surface area (Å²) in [5.74, 6) is 0.953. The van der Waals surface area contributed by atoms with E-state index in [0.717, 1.165) is 17.4 Å². The lowest BCUT2D eigenvalue weighted by Crippen LogP contribution is -2.56. The van der Waals surface area contributed by atoms with Crippen LogP contribution in [-0.2, 0) is 0 Å². The topological polar surface area (TPSA) is 13.0 Å². The minimum Gasteiger partial charge on any atom is -0.303 e. The first-order chi connectivity index (χ1) is 12.6. The first-order valence-electron chi connectivity index (χ1n) is 11.5. The van der Waals surface area contributed by atoms with Crippen molar-refractivity contribution in [3.63, 3.8) is 0 Å². The third-order valence-corrected chi connectivity index (χ3v) is 7.97. The molecule has 150 valence electrons. The van der Waals surface area contributed by atoms with E-state index in [1.807, 2.05) is 0 Å². The maximum Gasteiger partial charge on any atom is 0.0121 e. The predicted octanol–water partition coefficient (Wildman–Crippen LogP) is 2.60. The molecule has 0 unspecified atom stereocenters. The molecule has 0 aromatic heterocycles. The smallest absolute Gasteiger partial charge is 0.0121 e. The Kier molecular flexibility index (Phi) is 5.95. The van der Waals surface area contributed by atoms with E-state index in [2.05, 4.69) is 40.4 Å². The first kappa shape index (κ1) is 19.2. The van der Waals surface area contributed by atoms with E-state index in [1.54, 1.807) is 0 Å². The molecule has 0 radical (unpaired) electrons. The van der Waals surface area contributed by atoms with Gasteiger partial charge in [0.2, 0.25) is 0 Å². The molecule has 4 rings (SSSR count). The summed E-state index contributed by atoms with van der Waals surface area (Å²) in [6.45, 7) is 20.4. The fourth-order valence-electron chi connectivity index (χ4n) is 5.65. The van der Waals surface area contributed by atoms with Gasteiger partial charge in [0.25, 0.3) is 0 Å². The Morgan fingerprint density at radius 1 is 0.885 bits per heavy atom. The Balaban J connectivity index is 1.11. The van der Waals surface area contributed by atoms with Crippen molar-refractivity contribution in [1.29, 1.82) is 0 Å². The Morgan fingerprint density at radius 2 is 1.54 bits per heavy atom. The van der Waals surface area contributed by atoms with Crippen LogP contribution >= 0.6 is 0 Å². The van der Waals surface area contributed by atoms with Gasteiger partial charge in [-0.15, -0.1) is 0 Å². The van der Waals surface area contributed by atoms with Crippen LogP contribution in [-0.4, -0.2) is 97.1 Å². The number of likely N-dealkylation sites (tertiary alicyclic amines) is 2. The van der Waals surface area contributed by atoms with Crippen LogP contribution in [0.5, 0.6) is 0 Å². The molecule has 3 saturated heterocycles. The van der Waals surface area contributed by atoms with Crippen LogP contribution < -0.4 is 0 Å². The molecule has 0 amide bonds. The molecule has 1 saturated carbocycles. The summed E-state index contributed by atoms with van der Waals surface area (Å²) in [6, 6.07) is 1.57. The third kappa shape index (κ3) is 4.45. The van der Waals surface area contributed by atoms with Crippen molar-refractivity contribution in [2.45, 2.75) is 65.0 Å². The summed E-state index contributed by atoms with van der Waals surface area (Å²) in [4.78, 5) is 10.9. The summed E-state index contributed by atoms with van der Waals surface area (Å²) in [5, 5.41) is 0. The number of piperazine rings is 1. The van der Waals surface area contributed by atoms with E-state index < -0.39 is 0 Å². The van der Waals surface area contributed by atoms with Crippen molar-refractivity contribution in [2.75, 3.05) is 65.4 Å². The molecule has 1 aliphatic carbocycles. The van der Waals surface area contributed by atoms with Crippen molar-refractivity contribution in [2.24, 2.45) is 11.3 Å². The molecule has 4 fully saturated rings. The molecule has 0 aromatic rings. The van der Waals surface area contributed by atoms with E-state index >= 15 is 0 Å². The van der Waals surface area contributed by atoms with Crippen molar-refractivity contribution >= 4 is 0 Å². The summed E-state index contributed by atoms with van der Waals surface area (Å²) in [6.07, 6.45) is 7.18. The average molecular weight is 363 g/mol. The largest absolute Gasteiger partial charge is 0.303 e. The van der Waals surface area contributed by atoms with Crippen LogP contribution in [0.25, 0.3) is 0 Å². The van der Waals surface area contributed by atoms with Crippen LogP contribution in [0.4, 0.5) is 0 Å². The van der Waals surface area contributed by atoms with Gasteiger partial charge in [-0.3, -0.25) is 9.80 Å². The van der Waals surface area contributed by atoms with Gasteiger partial charge in [-0.2, -0.15) is 0 Å². The van der Waals surface area contributed by atoms with Crippen molar-refractivity contribution in [3.8, 4) is 0 Å². The van der Waals surface area contributed by atoms with Gasteiger partial charge >= 0.3 is 0 Å². The Bertz CT molecular complexity index is 439. The van der Waals surface area contributed by atoms with Crippen molar-refractivity contribution in [1.82, 2.24) is 19.6 Å². The van der Waals surface area contributed by atoms with Gasteiger partial charge < -0.3 is 9.80 Å². The van der Waals surface area contributed by atoms with E-state index in [-0.39, 0.29) is 0 Å². The van der Waals surface area contributed by atoms with Crippen molar-refractivity contribution < 1.29 is 0 Å². The van der Waals surface area contributed by atoms with Gasteiger partial charge in [0, 0.05) is 64.4 Å². The van der Waals surface area contributed by atoms with E-state index in [1.165, 1.54) is 97.6 Å². The predicted molar refractivity (Wildman–Crippen MR) is 110 cm³/mol. The minimum absolute atomic E-state index is 0.716. The summed E-state index contributed by atoms with van der Waals surface area (Å²) in [5.41, 5.74) is 0.739.